The van der Waals surface area contributed by atoms with Crippen LogP contribution in [-0.4, -0.2) is 66.1 Å². The number of fused-ring (bicyclic) bond motifs is 1. The van der Waals surface area contributed by atoms with Crippen LogP contribution in [0.1, 0.15) is 70.2 Å². The van der Waals surface area contributed by atoms with E-state index in [0.717, 1.165) is 35.0 Å². The first-order valence-electron chi connectivity index (χ1n) is 13.4. The maximum Gasteiger partial charge on any atom is 0.248 e. The van der Waals surface area contributed by atoms with Crippen LogP contribution in [0.3, 0.4) is 0 Å². The number of halogens is 1. The van der Waals surface area contributed by atoms with E-state index in [0.29, 0.717) is 12.3 Å². The summed E-state index contributed by atoms with van der Waals surface area (Å²) in [4.78, 5) is 28.8. The fourth-order valence-corrected chi connectivity index (χ4v) is 5.65. The summed E-state index contributed by atoms with van der Waals surface area (Å²) >= 11 is 0. The van der Waals surface area contributed by atoms with E-state index in [1.807, 2.05) is 51.7 Å². The molecule has 2 aliphatic rings. The Morgan fingerprint density at radius 3 is 2.66 bits per heavy atom. The Labute approximate surface area is 222 Å². The smallest absolute Gasteiger partial charge is 0.248 e. The molecule has 2 aromatic heterocycles. The van der Waals surface area contributed by atoms with Gasteiger partial charge in [0.2, 0.25) is 11.8 Å². The Kier molecular flexibility index (Phi) is 6.79. The molecular weight excluding hydrogens is 487 g/mol. The van der Waals surface area contributed by atoms with Crippen LogP contribution in [0.4, 0.5) is 4.39 Å². The highest BCUT2D eigenvalue weighted by molar-refractivity contribution is 5.90. The number of aryl methyl sites for hydroxylation is 1. The lowest BCUT2D eigenvalue weighted by Gasteiger charge is -2.34. The van der Waals surface area contributed by atoms with Gasteiger partial charge in [0.15, 0.2) is 0 Å². The second-order valence-electron chi connectivity index (χ2n) is 12.1. The fraction of sp³-hybridized carbons (Fsp3) is 0.571. The molecule has 0 bridgehead atoms. The van der Waals surface area contributed by atoms with E-state index in [-0.39, 0.29) is 36.6 Å². The van der Waals surface area contributed by atoms with Gasteiger partial charge >= 0.3 is 0 Å². The number of benzene rings is 1. The van der Waals surface area contributed by atoms with Gasteiger partial charge < -0.3 is 19.9 Å². The van der Waals surface area contributed by atoms with Crippen LogP contribution in [0, 0.1) is 11.2 Å². The second kappa shape index (κ2) is 9.80. The van der Waals surface area contributed by atoms with Crippen molar-refractivity contribution >= 4 is 22.7 Å². The minimum Gasteiger partial charge on any atom is -0.391 e. The van der Waals surface area contributed by atoms with Crippen molar-refractivity contribution in [1.82, 2.24) is 29.8 Å². The maximum atomic E-state index is 13.9. The minimum atomic E-state index is -0.791. The molecule has 1 saturated carbocycles. The van der Waals surface area contributed by atoms with Crippen molar-refractivity contribution in [2.75, 3.05) is 6.54 Å². The third kappa shape index (κ3) is 5.18. The van der Waals surface area contributed by atoms with Gasteiger partial charge in [-0.1, -0.05) is 26.0 Å². The van der Waals surface area contributed by atoms with Gasteiger partial charge in [0.1, 0.15) is 17.9 Å². The number of aromatic nitrogens is 4. The number of carbonyl (C=O) groups excluding carboxylic acids is 2. The number of hydrogen-bond acceptors (Lipinski definition) is 5. The van der Waals surface area contributed by atoms with Crippen LogP contribution >= 0.6 is 0 Å². The van der Waals surface area contributed by atoms with Crippen molar-refractivity contribution in [1.29, 1.82) is 0 Å². The zero-order valence-electron chi connectivity index (χ0n) is 22.7. The number of aliphatic hydroxyl groups is 1. The molecule has 1 saturated heterocycles. The first-order chi connectivity index (χ1) is 17.9. The van der Waals surface area contributed by atoms with Crippen LogP contribution in [0.5, 0.6) is 0 Å². The minimum absolute atomic E-state index is 0.0880. The van der Waals surface area contributed by atoms with Gasteiger partial charge in [-0.15, -0.1) is 5.10 Å². The van der Waals surface area contributed by atoms with Crippen molar-refractivity contribution in [2.45, 2.75) is 83.5 Å². The Balaban J connectivity index is 1.32. The Bertz CT molecular complexity index is 1350. The highest BCUT2D eigenvalue weighted by atomic mass is 19.1. The molecular formula is C28H37FN6O3. The van der Waals surface area contributed by atoms with E-state index in [1.54, 1.807) is 10.7 Å². The molecule has 2 amide bonds. The molecule has 1 aliphatic carbocycles. The summed E-state index contributed by atoms with van der Waals surface area (Å²) in [7, 11) is 1.91. The molecule has 3 unspecified atom stereocenters. The van der Waals surface area contributed by atoms with Gasteiger partial charge in [-0.05, 0) is 55.4 Å². The van der Waals surface area contributed by atoms with Crippen LogP contribution in [0.2, 0.25) is 0 Å². The average molecular weight is 525 g/mol. The predicted octanol–water partition coefficient (Wildman–Crippen LogP) is 3.08. The lowest BCUT2D eigenvalue weighted by molar-refractivity contribution is -0.144. The lowest BCUT2D eigenvalue weighted by Crippen LogP contribution is -2.51. The molecule has 10 heteroatoms. The largest absolute Gasteiger partial charge is 0.391 e. The Morgan fingerprint density at radius 1 is 1.24 bits per heavy atom. The Hall–Kier alpha value is -3.27. The van der Waals surface area contributed by atoms with Crippen LogP contribution in [0.25, 0.3) is 10.9 Å². The first kappa shape index (κ1) is 26.3. The van der Waals surface area contributed by atoms with E-state index in [2.05, 4.69) is 15.6 Å². The average Bonchev–Trinajstić information content (AvgIpc) is 3.31. The summed E-state index contributed by atoms with van der Waals surface area (Å²) in [6.45, 7) is 7.87. The summed E-state index contributed by atoms with van der Waals surface area (Å²) in [6, 6.07) is 2.98. The van der Waals surface area contributed by atoms with Crippen molar-refractivity contribution in [2.24, 2.45) is 12.5 Å². The molecule has 9 nitrogen and oxygen atoms in total. The predicted molar refractivity (Wildman–Crippen MR) is 141 cm³/mol. The van der Waals surface area contributed by atoms with Gasteiger partial charge in [-0.3, -0.25) is 9.59 Å². The normalized spacial score (nSPS) is 21.6. The van der Waals surface area contributed by atoms with Gasteiger partial charge in [0.05, 0.1) is 11.8 Å². The topological polar surface area (TPSA) is 105 Å². The van der Waals surface area contributed by atoms with Gasteiger partial charge in [-0.2, -0.15) is 0 Å². The molecule has 0 radical (unpaired) electrons. The van der Waals surface area contributed by atoms with E-state index in [1.165, 1.54) is 17.0 Å². The van der Waals surface area contributed by atoms with Crippen LogP contribution in [0.15, 0.2) is 30.6 Å². The first-order valence-corrected chi connectivity index (χ1v) is 13.4. The number of amides is 2. The van der Waals surface area contributed by atoms with E-state index in [9.17, 15) is 19.1 Å². The number of aliphatic hydroxyl groups excluding tert-OH is 1. The zero-order valence-corrected chi connectivity index (χ0v) is 22.7. The van der Waals surface area contributed by atoms with Gasteiger partial charge in [0, 0.05) is 55.3 Å². The molecule has 1 aliphatic heterocycles. The summed E-state index contributed by atoms with van der Waals surface area (Å²) in [5.41, 5.74) is 2.25. The van der Waals surface area contributed by atoms with E-state index >= 15 is 0 Å². The highest BCUT2D eigenvalue weighted by Gasteiger charge is 2.45. The molecule has 2 N–H and O–H groups in total. The lowest BCUT2D eigenvalue weighted by atomic mass is 9.85. The molecule has 204 valence electrons. The number of hydrogen-bond donors (Lipinski definition) is 2. The molecule has 3 heterocycles. The summed E-state index contributed by atoms with van der Waals surface area (Å²) in [6.07, 6.45) is 5.85. The number of nitrogens with one attached hydrogen (secondary N) is 1. The molecule has 5 rings (SSSR count). The summed E-state index contributed by atoms with van der Waals surface area (Å²) in [5.74, 6) is -0.454. The molecule has 0 spiro atoms. The van der Waals surface area contributed by atoms with Crippen molar-refractivity contribution in [3.63, 3.8) is 0 Å². The summed E-state index contributed by atoms with van der Waals surface area (Å²) < 4.78 is 17.5. The van der Waals surface area contributed by atoms with Gasteiger partial charge in [0.25, 0.3) is 0 Å². The van der Waals surface area contributed by atoms with E-state index < -0.39 is 23.6 Å². The van der Waals surface area contributed by atoms with Crippen molar-refractivity contribution in [3.8, 4) is 0 Å². The molecule has 38 heavy (non-hydrogen) atoms. The molecule has 1 aromatic carbocycles. The van der Waals surface area contributed by atoms with E-state index in [4.69, 9.17) is 0 Å². The number of carbonyl (C=O) groups is 2. The SMILES string of the molecule is CC(Cc1cn(C)c2ccc(F)cc12)NC(=O)C1CC(O)CN1C(=O)[C@@H](n1cc(C2CC2)nn1)C(C)(C)C. The quantitative estimate of drug-likeness (QED) is 0.494. The Morgan fingerprint density at radius 2 is 1.97 bits per heavy atom. The fourth-order valence-electron chi connectivity index (χ4n) is 5.65. The standard InChI is InChI=1S/C28H37FN6O3/c1-16(10-18-13-33(5)23-9-8-19(29)11-21(18)23)30-26(37)24-12-20(36)14-34(24)27(38)25(28(2,3)4)35-15-22(31-32-35)17-6-7-17/h8-9,11,13,15-17,20,24-25,36H,6-7,10,12,14H2,1-5H3,(H,30,37)/t16?,20?,24?,25-/m1/s1. The molecule has 3 aromatic rings. The number of likely N-dealkylation sites (tertiary alicyclic amines) is 1. The maximum absolute atomic E-state index is 13.9. The van der Waals surface area contributed by atoms with Crippen molar-refractivity contribution < 1.29 is 19.1 Å². The van der Waals surface area contributed by atoms with Crippen molar-refractivity contribution in [3.05, 3.63) is 47.7 Å². The summed E-state index contributed by atoms with van der Waals surface area (Å²) in [5, 5.41) is 22.9. The van der Waals surface area contributed by atoms with Gasteiger partial charge in [-0.25, -0.2) is 9.07 Å². The zero-order chi connectivity index (χ0) is 27.4. The number of nitrogens with zero attached hydrogens (tertiary/aromatic N) is 5. The monoisotopic (exact) mass is 524 g/mol. The molecule has 4 atom stereocenters. The second-order valence-corrected chi connectivity index (χ2v) is 12.1. The van der Waals surface area contributed by atoms with Crippen LogP contribution < -0.4 is 5.32 Å². The molecule has 2 fully saturated rings. The van der Waals surface area contributed by atoms with Crippen LogP contribution in [-0.2, 0) is 23.1 Å². The highest BCUT2D eigenvalue weighted by Crippen LogP contribution is 2.40. The third-order valence-electron chi connectivity index (χ3n) is 7.66. The number of β-amino-alcohol motifs (C(OH)–C–C–N with tert-alkyl or cyclic N) is 1. The third-order valence-corrected chi connectivity index (χ3v) is 7.66. The number of rotatable bonds is 7.